The van der Waals surface area contributed by atoms with E-state index in [0.29, 0.717) is 0 Å². The molecule has 0 saturated heterocycles. The minimum Gasteiger partial charge on any atom is -0.383 e. The predicted octanol–water partition coefficient (Wildman–Crippen LogP) is 4.85. The third-order valence-electron chi connectivity index (χ3n) is 3.74. The number of imidazole rings is 1. The summed E-state index contributed by atoms with van der Waals surface area (Å²) in [4.78, 5) is 4.77. The molecule has 0 fully saturated rings. The number of aryl methyl sites for hydroxylation is 2. The zero-order valence-corrected chi connectivity index (χ0v) is 13.9. The lowest BCUT2D eigenvalue weighted by atomic mass is 10.1. The molecule has 3 nitrogen and oxygen atoms in total. The normalized spacial score (nSPS) is 11.0. The minimum atomic E-state index is 0.756. The second kappa shape index (κ2) is 6.99. The van der Waals surface area contributed by atoms with Crippen LogP contribution >= 0.6 is 11.6 Å². The molecule has 0 spiro atoms. The van der Waals surface area contributed by atoms with E-state index in [2.05, 4.69) is 18.4 Å². The van der Waals surface area contributed by atoms with Gasteiger partial charge in [0.1, 0.15) is 17.3 Å². The van der Waals surface area contributed by atoms with Gasteiger partial charge in [-0.1, -0.05) is 44.0 Å². The number of unbranched alkanes of at least 4 members (excludes halogenated alkanes) is 1. The standard InChI is InChI=1S/C17H24ClN3/c1-4-6-10-21-15(7-5-2)20-16(17(21)19)13-9-8-12(3)14(18)11-13/h8-9,11H,4-7,10,19H2,1-3H3. The molecule has 0 atom stereocenters. The first kappa shape index (κ1) is 15.9. The molecular formula is C17H24ClN3. The summed E-state index contributed by atoms with van der Waals surface area (Å²) in [6.07, 6.45) is 4.28. The summed E-state index contributed by atoms with van der Waals surface area (Å²) in [7, 11) is 0. The number of nitrogen functional groups attached to an aromatic ring is 1. The fourth-order valence-electron chi connectivity index (χ4n) is 2.45. The Balaban J connectivity index is 2.45. The maximum Gasteiger partial charge on any atom is 0.131 e. The molecule has 1 aromatic carbocycles. The first-order valence-corrected chi connectivity index (χ1v) is 8.07. The molecule has 0 aliphatic carbocycles. The molecule has 2 rings (SSSR count). The highest BCUT2D eigenvalue weighted by atomic mass is 35.5. The van der Waals surface area contributed by atoms with E-state index < -0.39 is 0 Å². The highest BCUT2D eigenvalue weighted by Crippen LogP contribution is 2.30. The van der Waals surface area contributed by atoms with Gasteiger partial charge in [-0.05, 0) is 31.4 Å². The van der Waals surface area contributed by atoms with Crippen molar-refractivity contribution < 1.29 is 0 Å². The van der Waals surface area contributed by atoms with Gasteiger partial charge in [0.25, 0.3) is 0 Å². The second-order valence-electron chi connectivity index (χ2n) is 5.48. The highest BCUT2D eigenvalue weighted by molar-refractivity contribution is 6.31. The molecule has 0 unspecified atom stereocenters. The van der Waals surface area contributed by atoms with Crippen LogP contribution in [0.3, 0.4) is 0 Å². The summed E-state index contributed by atoms with van der Waals surface area (Å²) < 4.78 is 2.16. The van der Waals surface area contributed by atoms with Crippen molar-refractivity contribution in [1.29, 1.82) is 0 Å². The summed E-state index contributed by atoms with van der Waals surface area (Å²) >= 11 is 6.23. The first-order valence-electron chi connectivity index (χ1n) is 7.69. The fourth-order valence-corrected chi connectivity index (χ4v) is 2.63. The molecule has 1 aromatic heterocycles. The average Bonchev–Trinajstić information content (AvgIpc) is 2.77. The van der Waals surface area contributed by atoms with Crippen LogP contribution in [-0.4, -0.2) is 9.55 Å². The topological polar surface area (TPSA) is 43.8 Å². The number of hydrogen-bond acceptors (Lipinski definition) is 2. The van der Waals surface area contributed by atoms with Crippen molar-refractivity contribution in [3.8, 4) is 11.3 Å². The number of hydrogen-bond donors (Lipinski definition) is 1. The van der Waals surface area contributed by atoms with E-state index in [4.69, 9.17) is 22.3 Å². The van der Waals surface area contributed by atoms with E-state index in [1.54, 1.807) is 0 Å². The molecule has 1 heterocycles. The molecule has 0 radical (unpaired) electrons. The third-order valence-corrected chi connectivity index (χ3v) is 4.15. The van der Waals surface area contributed by atoms with Gasteiger partial charge in [0.15, 0.2) is 0 Å². The Bertz CT molecular complexity index is 617. The molecule has 114 valence electrons. The summed E-state index contributed by atoms with van der Waals surface area (Å²) in [6.45, 7) is 7.28. The lowest BCUT2D eigenvalue weighted by Crippen LogP contribution is -2.07. The quantitative estimate of drug-likeness (QED) is 0.829. The van der Waals surface area contributed by atoms with Crippen molar-refractivity contribution in [1.82, 2.24) is 9.55 Å². The lowest BCUT2D eigenvalue weighted by molar-refractivity contribution is 0.604. The smallest absolute Gasteiger partial charge is 0.131 e. The van der Waals surface area contributed by atoms with Gasteiger partial charge in [0.05, 0.1) is 0 Å². The minimum absolute atomic E-state index is 0.756. The van der Waals surface area contributed by atoms with Crippen LogP contribution in [0.15, 0.2) is 18.2 Å². The Morgan fingerprint density at radius 2 is 2.00 bits per heavy atom. The lowest BCUT2D eigenvalue weighted by Gasteiger charge is -2.08. The molecule has 2 aromatic rings. The monoisotopic (exact) mass is 305 g/mol. The molecule has 4 heteroatoms. The molecular weight excluding hydrogens is 282 g/mol. The van der Waals surface area contributed by atoms with Gasteiger partial charge >= 0.3 is 0 Å². The number of benzene rings is 1. The largest absolute Gasteiger partial charge is 0.383 e. The van der Waals surface area contributed by atoms with Crippen molar-refractivity contribution in [3.05, 3.63) is 34.6 Å². The Morgan fingerprint density at radius 1 is 1.24 bits per heavy atom. The average molecular weight is 306 g/mol. The van der Waals surface area contributed by atoms with Crippen LogP contribution < -0.4 is 5.73 Å². The van der Waals surface area contributed by atoms with Crippen LogP contribution in [0.4, 0.5) is 5.82 Å². The van der Waals surface area contributed by atoms with Gasteiger partial charge in [0.2, 0.25) is 0 Å². The Morgan fingerprint density at radius 3 is 2.62 bits per heavy atom. The van der Waals surface area contributed by atoms with Gasteiger partial charge in [-0.15, -0.1) is 0 Å². The molecule has 0 aliphatic rings. The maximum atomic E-state index is 6.35. The fraction of sp³-hybridized carbons (Fsp3) is 0.471. The summed E-state index contributed by atoms with van der Waals surface area (Å²) in [6, 6.07) is 6.01. The summed E-state index contributed by atoms with van der Waals surface area (Å²) in [5, 5.41) is 0.757. The number of nitrogens with two attached hydrogens (primary N) is 1. The van der Waals surface area contributed by atoms with E-state index >= 15 is 0 Å². The zero-order valence-electron chi connectivity index (χ0n) is 13.1. The van der Waals surface area contributed by atoms with Crippen LogP contribution in [0.25, 0.3) is 11.3 Å². The Labute approximate surface area is 132 Å². The third kappa shape index (κ3) is 3.41. The van der Waals surface area contributed by atoms with Gasteiger partial charge in [-0.25, -0.2) is 4.98 Å². The molecule has 0 saturated carbocycles. The van der Waals surface area contributed by atoms with Crippen LogP contribution in [0, 0.1) is 6.92 Å². The van der Waals surface area contributed by atoms with Crippen LogP contribution in [0.2, 0.25) is 5.02 Å². The number of nitrogens with zero attached hydrogens (tertiary/aromatic N) is 2. The van der Waals surface area contributed by atoms with Gasteiger partial charge < -0.3 is 10.3 Å². The van der Waals surface area contributed by atoms with E-state index in [1.807, 2.05) is 25.1 Å². The van der Waals surface area contributed by atoms with Crippen LogP contribution in [-0.2, 0) is 13.0 Å². The van der Waals surface area contributed by atoms with E-state index in [9.17, 15) is 0 Å². The molecule has 21 heavy (non-hydrogen) atoms. The second-order valence-corrected chi connectivity index (χ2v) is 5.89. The van der Waals surface area contributed by atoms with Gasteiger partial charge in [-0.2, -0.15) is 0 Å². The van der Waals surface area contributed by atoms with E-state index in [0.717, 1.165) is 65.7 Å². The van der Waals surface area contributed by atoms with E-state index in [-0.39, 0.29) is 0 Å². The maximum absolute atomic E-state index is 6.35. The van der Waals surface area contributed by atoms with Crippen molar-refractivity contribution in [2.45, 2.75) is 53.0 Å². The van der Waals surface area contributed by atoms with Crippen molar-refractivity contribution in [2.75, 3.05) is 5.73 Å². The van der Waals surface area contributed by atoms with Crippen molar-refractivity contribution >= 4 is 17.4 Å². The van der Waals surface area contributed by atoms with E-state index in [1.165, 1.54) is 0 Å². The van der Waals surface area contributed by atoms with Crippen LogP contribution in [0.1, 0.15) is 44.5 Å². The summed E-state index contributed by atoms with van der Waals surface area (Å²) in [5.74, 6) is 1.84. The SMILES string of the molecule is CCCCn1c(CCC)nc(-c2ccc(C)c(Cl)c2)c1N. The number of anilines is 1. The molecule has 2 N–H and O–H groups in total. The number of aromatic nitrogens is 2. The molecule has 0 amide bonds. The molecule has 0 bridgehead atoms. The summed E-state index contributed by atoms with van der Waals surface area (Å²) in [5.41, 5.74) is 9.27. The van der Waals surface area contributed by atoms with Crippen LogP contribution in [0.5, 0.6) is 0 Å². The number of rotatable bonds is 6. The predicted molar refractivity (Wildman–Crippen MR) is 90.7 cm³/mol. The Hall–Kier alpha value is -1.48. The number of halogens is 1. The van der Waals surface area contributed by atoms with Gasteiger partial charge in [-0.3, -0.25) is 0 Å². The zero-order chi connectivity index (χ0) is 15.4. The van der Waals surface area contributed by atoms with Crippen molar-refractivity contribution in [2.24, 2.45) is 0 Å². The van der Waals surface area contributed by atoms with Crippen molar-refractivity contribution in [3.63, 3.8) is 0 Å². The van der Waals surface area contributed by atoms with Gasteiger partial charge in [0, 0.05) is 23.6 Å². The first-order chi connectivity index (χ1) is 10.1. The molecule has 0 aliphatic heterocycles. The highest BCUT2D eigenvalue weighted by Gasteiger charge is 2.16. The Kier molecular flexibility index (Phi) is 5.29.